The molecule has 106 valence electrons. The second-order valence-corrected chi connectivity index (χ2v) is 5.89. The Morgan fingerprint density at radius 2 is 2.16 bits per heavy atom. The maximum Gasteiger partial charge on any atom is 0.316 e. The Kier molecular flexibility index (Phi) is 6.78. The number of benzene rings is 1. The highest BCUT2D eigenvalue weighted by Crippen LogP contribution is 2.20. The molecule has 0 saturated heterocycles. The second-order valence-electron chi connectivity index (χ2n) is 4.58. The van der Waals surface area contributed by atoms with Crippen LogP contribution in [0.1, 0.15) is 30.9 Å². The van der Waals surface area contributed by atoms with Gasteiger partial charge in [-0.1, -0.05) is 19.1 Å². The van der Waals surface area contributed by atoms with Crippen LogP contribution in [-0.2, 0) is 4.79 Å². The highest BCUT2D eigenvalue weighted by Gasteiger charge is 2.14. The van der Waals surface area contributed by atoms with Crippen molar-refractivity contribution < 1.29 is 14.6 Å². The molecule has 1 aromatic carbocycles. The number of aryl methyl sites for hydroxylation is 2. The van der Waals surface area contributed by atoms with Crippen LogP contribution in [0.15, 0.2) is 18.2 Å². The fourth-order valence-corrected chi connectivity index (χ4v) is 2.64. The van der Waals surface area contributed by atoms with Crippen LogP contribution in [-0.4, -0.2) is 28.7 Å². The third kappa shape index (κ3) is 5.55. The lowest BCUT2D eigenvalue weighted by Crippen LogP contribution is -2.16. The summed E-state index contributed by atoms with van der Waals surface area (Å²) in [5.41, 5.74) is 2.32. The van der Waals surface area contributed by atoms with Crippen LogP contribution in [0.4, 0.5) is 0 Å². The predicted molar refractivity (Wildman–Crippen MR) is 80.2 cm³/mol. The van der Waals surface area contributed by atoms with Gasteiger partial charge in [-0.05, 0) is 49.6 Å². The number of thioether (sulfide) groups is 1. The summed E-state index contributed by atoms with van der Waals surface area (Å²) in [6.07, 6.45) is 1.53. The molecule has 0 bridgehead atoms. The largest absolute Gasteiger partial charge is 0.493 e. The Bertz CT molecular complexity index is 418. The van der Waals surface area contributed by atoms with Gasteiger partial charge in [-0.3, -0.25) is 4.79 Å². The van der Waals surface area contributed by atoms with Crippen molar-refractivity contribution in [3.63, 3.8) is 0 Å². The summed E-state index contributed by atoms with van der Waals surface area (Å²) in [5, 5.41) is 8.63. The maximum absolute atomic E-state index is 10.8. The average molecular weight is 282 g/mol. The number of hydrogen-bond donors (Lipinski definition) is 1. The summed E-state index contributed by atoms with van der Waals surface area (Å²) in [5.74, 6) is 1.02. The van der Waals surface area contributed by atoms with Crippen molar-refractivity contribution >= 4 is 17.7 Å². The van der Waals surface area contributed by atoms with Crippen LogP contribution >= 0.6 is 11.8 Å². The summed E-state index contributed by atoms with van der Waals surface area (Å²) in [6.45, 7) is 6.60. The quantitative estimate of drug-likeness (QED) is 0.739. The van der Waals surface area contributed by atoms with Crippen LogP contribution < -0.4 is 4.74 Å². The topological polar surface area (TPSA) is 46.5 Å². The van der Waals surface area contributed by atoms with Gasteiger partial charge in [0.05, 0.1) is 6.61 Å². The Morgan fingerprint density at radius 1 is 1.42 bits per heavy atom. The maximum atomic E-state index is 10.8. The molecule has 0 radical (unpaired) electrons. The van der Waals surface area contributed by atoms with E-state index in [9.17, 15) is 4.79 Å². The summed E-state index contributed by atoms with van der Waals surface area (Å²) in [4.78, 5) is 10.8. The Hall–Kier alpha value is -1.16. The first-order chi connectivity index (χ1) is 9.04. The number of hydrogen-bond acceptors (Lipinski definition) is 3. The SMILES string of the molecule is CCC(SCCCOc1cc(C)ccc1C)C(=O)O. The number of carboxylic acids is 1. The van der Waals surface area contributed by atoms with Gasteiger partial charge in [-0.15, -0.1) is 11.8 Å². The Labute approximate surface area is 119 Å². The van der Waals surface area contributed by atoms with Gasteiger partial charge in [0, 0.05) is 0 Å². The number of ether oxygens (including phenoxy) is 1. The number of rotatable bonds is 8. The van der Waals surface area contributed by atoms with E-state index in [0.717, 1.165) is 23.5 Å². The molecule has 19 heavy (non-hydrogen) atoms. The smallest absolute Gasteiger partial charge is 0.316 e. The van der Waals surface area contributed by atoms with Gasteiger partial charge in [0.2, 0.25) is 0 Å². The Balaban J connectivity index is 2.27. The standard InChI is InChI=1S/C15H22O3S/c1-4-14(15(16)17)19-9-5-8-18-13-10-11(2)6-7-12(13)3/h6-7,10,14H,4-5,8-9H2,1-3H3,(H,16,17). The Morgan fingerprint density at radius 3 is 2.79 bits per heavy atom. The first-order valence-electron chi connectivity index (χ1n) is 6.59. The molecule has 1 N–H and O–H groups in total. The molecular weight excluding hydrogens is 260 g/mol. The van der Waals surface area contributed by atoms with E-state index < -0.39 is 5.97 Å². The third-order valence-electron chi connectivity index (χ3n) is 2.86. The van der Waals surface area contributed by atoms with Crippen molar-refractivity contribution in [2.24, 2.45) is 0 Å². The molecule has 4 heteroatoms. The van der Waals surface area contributed by atoms with Gasteiger partial charge in [-0.2, -0.15) is 0 Å². The van der Waals surface area contributed by atoms with Crippen molar-refractivity contribution in [2.75, 3.05) is 12.4 Å². The van der Waals surface area contributed by atoms with Gasteiger partial charge >= 0.3 is 5.97 Å². The highest BCUT2D eigenvalue weighted by atomic mass is 32.2. The molecule has 0 aromatic heterocycles. The monoisotopic (exact) mass is 282 g/mol. The fraction of sp³-hybridized carbons (Fsp3) is 0.533. The zero-order valence-electron chi connectivity index (χ0n) is 11.8. The van der Waals surface area contributed by atoms with Crippen LogP contribution in [0.3, 0.4) is 0 Å². The number of carbonyl (C=O) groups is 1. The zero-order valence-corrected chi connectivity index (χ0v) is 12.6. The van der Waals surface area contributed by atoms with Gasteiger partial charge in [0.1, 0.15) is 11.0 Å². The molecule has 1 unspecified atom stereocenters. The van der Waals surface area contributed by atoms with E-state index in [1.807, 2.05) is 26.8 Å². The molecule has 0 heterocycles. The molecule has 1 aromatic rings. The summed E-state index contributed by atoms with van der Waals surface area (Å²) in [6, 6.07) is 6.16. The molecular formula is C15H22O3S. The third-order valence-corrected chi connectivity index (χ3v) is 4.32. The minimum absolute atomic E-state index is 0.291. The normalized spacial score (nSPS) is 12.2. The van der Waals surface area contributed by atoms with E-state index in [1.54, 1.807) is 0 Å². The molecule has 0 saturated carbocycles. The summed E-state index contributed by atoms with van der Waals surface area (Å²) >= 11 is 1.49. The molecule has 1 rings (SSSR count). The van der Waals surface area contributed by atoms with Crippen molar-refractivity contribution in [1.29, 1.82) is 0 Å². The lowest BCUT2D eigenvalue weighted by Gasteiger charge is -2.11. The van der Waals surface area contributed by atoms with Crippen molar-refractivity contribution in [3.05, 3.63) is 29.3 Å². The predicted octanol–water partition coefficient (Wildman–Crippen LogP) is 3.67. The second kappa shape index (κ2) is 8.10. The molecule has 0 aliphatic carbocycles. The summed E-state index contributed by atoms with van der Waals surface area (Å²) in [7, 11) is 0. The summed E-state index contributed by atoms with van der Waals surface area (Å²) < 4.78 is 5.73. The van der Waals surface area contributed by atoms with E-state index in [2.05, 4.69) is 12.1 Å². The lowest BCUT2D eigenvalue weighted by molar-refractivity contribution is -0.136. The highest BCUT2D eigenvalue weighted by molar-refractivity contribution is 8.00. The van der Waals surface area contributed by atoms with E-state index in [0.29, 0.717) is 13.0 Å². The first kappa shape index (κ1) is 15.9. The molecule has 0 aliphatic heterocycles. The van der Waals surface area contributed by atoms with Crippen molar-refractivity contribution in [1.82, 2.24) is 0 Å². The van der Waals surface area contributed by atoms with E-state index in [4.69, 9.17) is 9.84 Å². The first-order valence-corrected chi connectivity index (χ1v) is 7.64. The molecule has 1 atom stereocenters. The fourth-order valence-electron chi connectivity index (χ4n) is 1.69. The van der Waals surface area contributed by atoms with Crippen LogP contribution in [0, 0.1) is 13.8 Å². The molecule has 0 spiro atoms. The van der Waals surface area contributed by atoms with E-state index in [1.165, 1.54) is 17.3 Å². The van der Waals surface area contributed by atoms with Crippen molar-refractivity contribution in [3.8, 4) is 5.75 Å². The van der Waals surface area contributed by atoms with E-state index >= 15 is 0 Å². The number of carboxylic acid groups (broad SMARTS) is 1. The molecule has 3 nitrogen and oxygen atoms in total. The molecule has 0 aliphatic rings. The zero-order chi connectivity index (χ0) is 14.3. The number of aliphatic carboxylic acids is 1. The molecule has 0 fully saturated rings. The van der Waals surface area contributed by atoms with Crippen LogP contribution in [0.5, 0.6) is 5.75 Å². The van der Waals surface area contributed by atoms with Gasteiger partial charge < -0.3 is 9.84 Å². The minimum atomic E-state index is -0.719. The van der Waals surface area contributed by atoms with E-state index in [-0.39, 0.29) is 5.25 Å². The van der Waals surface area contributed by atoms with Gasteiger partial charge in [0.25, 0.3) is 0 Å². The minimum Gasteiger partial charge on any atom is -0.493 e. The van der Waals surface area contributed by atoms with Gasteiger partial charge in [0.15, 0.2) is 0 Å². The van der Waals surface area contributed by atoms with Gasteiger partial charge in [-0.25, -0.2) is 0 Å². The van der Waals surface area contributed by atoms with Crippen molar-refractivity contribution in [2.45, 2.75) is 38.9 Å². The molecule has 0 amide bonds. The van der Waals surface area contributed by atoms with Crippen LogP contribution in [0.25, 0.3) is 0 Å². The average Bonchev–Trinajstić information content (AvgIpc) is 2.37. The van der Waals surface area contributed by atoms with Crippen LogP contribution in [0.2, 0.25) is 0 Å². The lowest BCUT2D eigenvalue weighted by atomic mass is 10.1.